The van der Waals surface area contributed by atoms with Gasteiger partial charge < -0.3 is 14.2 Å². The molecule has 24 heavy (non-hydrogen) atoms. The van der Waals surface area contributed by atoms with Crippen LogP contribution in [0.3, 0.4) is 0 Å². The summed E-state index contributed by atoms with van der Waals surface area (Å²) in [5.74, 6) is 2.05. The molecule has 0 amide bonds. The Morgan fingerprint density at radius 3 is 2.38 bits per heavy atom. The largest absolute Gasteiger partial charge is 0.497 e. The lowest BCUT2D eigenvalue weighted by atomic mass is 9.85. The quantitative estimate of drug-likeness (QED) is 0.800. The van der Waals surface area contributed by atoms with Gasteiger partial charge in [-0.05, 0) is 54.3 Å². The van der Waals surface area contributed by atoms with E-state index in [9.17, 15) is 4.79 Å². The number of benzene rings is 2. The fourth-order valence-electron chi connectivity index (χ4n) is 2.97. The highest BCUT2D eigenvalue weighted by Gasteiger charge is 2.24. The Labute approximate surface area is 141 Å². The average molecular weight is 324 g/mol. The predicted molar refractivity (Wildman–Crippen MR) is 93.2 cm³/mol. The standard InChI is InChI=1S/C20H20O4/c1-22-16-6-4-5-13(10-16)9-15-8-7-14-11-18(23-2)19(24-3)12-17(14)20(15)21/h4-6,9-12H,7-8H2,1-3H3/b15-9+. The number of rotatable bonds is 4. The topological polar surface area (TPSA) is 44.8 Å². The number of allylic oxidation sites excluding steroid dienone is 1. The molecule has 0 unspecified atom stereocenters. The molecule has 1 aliphatic rings. The molecular formula is C20H20O4. The number of hydrogen-bond donors (Lipinski definition) is 0. The highest BCUT2D eigenvalue weighted by atomic mass is 16.5. The monoisotopic (exact) mass is 324 g/mol. The third-order valence-electron chi connectivity index (χ3n) is 4.24. The third kappa shape index (κ3) is 3.00. The smallest absolute Gasteiger partial charge is 0.189 e. The fourth-order valence-corrected chi connectivity index (χ4v) is 2.97. The molecule has 124 valence electrons. The van der Waals surface area contributed by atoms with Crippen LogP contribution in [0, 0.1) is 0 Å². The Balaban J connectivity index is 1.98. The maximum absolute atomic E-state index is 12.8. The van der Waals surface area contributed by atoms with E-state index in [4.69, 9.17) is 14.2 Å². The van der Waals surface area contributed by atoms with Crippen molar-refractivity contribution in [3.63, 3.8) is 0 Å². The van der Waals surface area contributed by atoms with Gasteiger partial charge in [-0.3, -0.25) is 4.79 Å². The second kappa shape index (κ2) is 6.79. The molecule has 2 aromatic carbocycles. The number of ether oxygens (including phenoxy) is 3. The maximum atomic E-state index is 12.8. The van der Waals surface area contributed by atoms with Gasteiger partial charge in [0.2, 0.25) is 0 Å². The zero-order valence-electron chi connectivity index (χ0n) is 14.1. The van der Waals surface area contributed by atoms with Crippen LogP contribution in [-0.4, -0.2) is 27.1 Å². The molecule has 0 atom stereocenters. The van der Waals surface area contributed by atoms with Gasteiger partial charge in [0.25, 0.3) is 0 Å². The van der Waals surface area contributed by atoms with Gasteiger partial charge in [0.1, 0.15) is 5.75 Å². The van der Waals surface area contributed by atoms with Gasteiger partial charge in [-0.15, -0.1) is 0 Å². The SMILES string of the molecule is COc1cccc(/C=C2\CCc3cc(OC)c(OC)cc3C2=O)c1. The minimum absolute atomic E-state index is 0.0417. The van der Waals surface area contributed by atoms with E-state index in [1.165, 1.54) is 0 Å². The van der Waals surface area contributed by atoms with E-state index >= 15 is 0 Å². The molecule has 2 aromatic rings. The first kappa shape index (κ1) is 16.1. The summed E-state index contributed by atoms with van der Waals surface area (Å²) < 4.78 is 15.9. The van der Waals surface area contributed by atoms with Gasteiger partial charge in [0, 0.05) is 11.1 Å². The molecule has 0 saturated heterocycles. The second-order valence-electron chi connectivity index (χ2n) is 5.64. The van der Waals surface area contributed by atoms with Crippen molar-refractivity contribution in [2.75, 3.05) is 21.3 Å². The Morgan fingerprint density at radius 1 is 0.917 bits per heavy atom. The second-order valence-corrected chi connectivity index (χ2v) is 5.64. The van der Waals surface area contributed by atoms with Crippen LogP contribution in [0.1, 0.15) is 27.9 Å². The lowest BCUT2D eigenvalue weighted by Gasteiger charge is -2.20. The molecule has 0 radical (unpaired) electrons. The molecule has 0 aromatic heterocycles. The number of Topliss-reactive ketones (excluding diaryl/α,β-unsaturated/α-hetero) is 1. The number of carbonyl (C=O) groups excluding carboxylic acids is 1. The van der Waals surface area contributed by atoms with Crippen LogP contribution >= 0.6 is 0 Å². The lowest BCUT2D eigenvalue weighted by Crippen LogP contribution is -2.14. The predicted octanol–water partition coefficient (Wildman–Crippen LogP) is 3.92. The average Bonchev–Trinajstić information content (AvgIpc) is 2.63. The van der Waals surface area contributed by atoms with Crippen molar-refractivity contribution < 1.29 is 19.0 Å². The first-order valence-electron chi connectivity index (χ1n) is 7.80. The van der Waals surface area contributed by atoms with E-state index in [0.29, 0.717) is 23.5 Å². The van der Waals surface area contributed by atoms with Crippen molar-refractivity contribution in [1.82, 2.24) is 0 Å². The van der Waals surface area contributed by atoms with Crippen molar-refractivity contribution in [2.45, 2.75) is 12.8 Å². The van der Waals surface area contributed by atoms with Crippen LogP contribution in [0.25, 0.3) is 6.08 Å². The molecule has 1 aliphatic carbocycles. The molecule has 0 fully saturated rings. The van der Waals surface area contributed by atoms with Gasteiger partial charge in [-0.2, -0.15) is 0 Å². The van der Waals surface area contributed by atoms with Crippen molar-refractivity contribution in [3.8, 4) is 17.2 Å². The molecule has 0 spiro atoms. The number of hydrogen-bond acceptors (Lipinski definition) is 4. The van der Waals surface area contributed by atoms with Crippen LogP contribution in [0.2, 0.25) is 0 Å². The Bertz CT molecular complexity index is 805. The number of fused-ring (bicyclic) bond motifs is 1. The molecule has 0 aliphatic heterocycles. The third-order valence-corrected chi connectivity index (χ3v) is 4.24. The van der Waals surface area contributed by atoms with Gasteiger partial charge in [0.05, 0.1) is 21.3 Å². The van der Waals surface area contributed by atoms with Crippen LogP contribution in [-0.2, 0) is 6.42 Å². The highest BCUT2D eigenvalue weighted by molar-refractivity contribution is 6.13. The fraction of sp³-hybridized carbons (Fsp3) is 0.250. The first-order valence-corrected chi connectivity index (χ1v) is 7.80. The summed E-state index contributed by atoms with van der Waals surface area (Å²) in [6.07, 6.45) is 3.44. The van der Waals surface area contributed by atoms with Crippen LogP contribution < -0.4 is 14.2 Å². The van der Waals surface area contributed by atoms with Gasteiger partial charge >= 0.3 is 0 Å². The molecular weight excluding hydrogens is 304 g/mol. The van der Waals surface area contributed by atoms with E-state index in [0.717, 1.165) is 28.9 Å². The zero-order chi connectivity index (χ0) is 17.1. The molecule has 0 N–H and O–H groups in total. The van der Waals surface area contributed by atoms with E-state index in [-0.39, 0.29) is 5.78 Å². The Morgan fingerprint density at radius 2 is 1.67 bits per heavy atom. The Kier molecular flexibility index (Phi) is 4.56. The number of methoxy groups -OCH3 is 3. The van der Waals surface area contributed by atoms with Crippen molar-refractivity contribution in [3.05, 3.63) is 58.7 Å². The minimum atomic E-state index is 0.0417. The lowest BCUT2D eigenvalue weighted by molar-refractivity contribution is 0.102. The maximum Gasteiger partial charge on any atom is 0.189 e. The zero-order valence-corrected chi connectivity index (χ0v) is 14.1. The van der Waals surface area contributed by atoms with E-state index < -0.39 is 0 Å². The summed E-state index contributed by atoms with van der Waals surface area (Å²) in [5.41, 5.74) is 3.44. The number of ketones is 1. The molecule has 4 heteroatoms. The summed E-state index contributed by atoms with van der Waals surface area (Å²) >= 11 is 0. The van der Waals surface area contributed by atoms with E-state index in [2.05, 4.69) is 0 Å². The van der Waals surface area contributed by atoms with E-state index in [1.54, 1.807) is 27.4 Å². The summed E-state index contributed by atoms with van der Waals surface area (Å²) in [6, 6.07) is 11.4. The first-order chi connectivity index (χ1) is 11.7. The van der Waals surface area contributed by atoms with Crippen LogP contribution in [0.5, 0.6) is 17.2 Å². The normalized spacial score (nSPS) is 15.1. The summed E-state index contributed by atoms with van der Waals surface area (Å²) in [4.78, 5) is 12.8. The van der Waals surface area contributed by atoms with Crippen LogP contribution in [0.4, 0.5) is 0 Å². The Hall–Kier alpha value is -2.75. The summed E-state index contributed by atoms with van der Waals surface area (Å²) in [7, 11) is 4.81. The van der Waals surface area contributed by atoms with Crippen molar-refractivity contribution in [1.29, 1.82) is 0 Å². The summed E-state index contributed by atoms with van der Waals surface area (Å²) in [6.45, 7) is 0. The molecule has 4 nitrogen and oxygen atoms in total. The molecule has 0 heterocycles. The van der Waals surface area contributed by atoms with Gasteiger partial charge in [-0.1, -0.05) is 12.1 Å². The van der Waals surface area contributed by atoms with E-state index in [1.807, 2.05) is 36.4 Å². The molecule has 0 saturated carbocycles. The highest BCUT2D eigenvalue weighted by Crippen LogP contribution is 2.36. The number of carbonyl (C=O) groups is 1. The molecule has 3 rings (SSSR count). The van der Waals surface area contributed by atoms with Crippen molar-refractivity contribution >= 4 is 11.9 Å². The van der Waals surface area contributed by atoms with Gasteiger partial charge in [-0.25, -0.2) is 0 Å². The van der Waals surface area contributed by atoms with Gasteiger partial charge in [0.15, 0.2) is 17.3 Å². The van der Waals surface area contributed by atoms with Crippen molar-refractivity contribution in [2.24, 2.45) is 0 Å². The molecule has 0 bridgehead atoms. The van der Waals surface area contributed by atoms with Crippen LogP contribution in [0.15, 0.2) is 42.0 Å². The number of aryl methyl sites for hydroxylation is 1. The summed E-state index contributed by atoms with van der Waals surface area (Å²) in [5, 5.41) is 0. The minimum Gasteiger partial charge on any atom is -0.497 e.